The van der Waals surface area contributed by atoms with E-state index in [1.165, 1.54) is 0 Å². The number of aromatic nitrogens is 4. The first-order valence-corrected chi connectivity index (χ1v) is 11.3. The van der Waals surface area contributed by atoms with E-state index in [1.54, 1.807) is 22.3 Å². The Morgan fingerprint density at radius 3 is 2.75 bits per heavy atom. The topological polar surface area (TPSA) is 81.9 Å². The lowest BCUT2D eigenvalue weighted by atomic mass is 10.0. The van der Waals surface area contributed by atoms with E-state index in [4.69, 9.17) is 4.74 Å². The van der Waals surface area contributed by atoms with E-state index in [0.717, 1.165) is 34.0 Å². The number of hydrogen-bond donors (Lipinski definition) is 1. The van der Waals surface area contributed by atoms with Gasteiger partial charge in [-0.15, -0.1) is 0 Å². The number of H-pyrrole nitrogens is 1. The molecule has 0 bridgehead atoms. The van der Waals surface area contributed by atoms with Gasteiger partial charge in [0.25, 0.3) is 0 Å². The molecular formula is C25H30N4O3. The number of esters is 1. The lowest BCUT2D eigenvalue weighted by molar-refractivity contribution is -0.144. The zero-order valence-electron chi connectivity index (χ0n) is 19.1. The molecule has 2 unspecified atom stereocenters. The van der Waals surface area contributed by atoms with Crippen molar-refractivity contribution in [3.05, 3.63) is 64.3 Å². The fraction of sp³-hybridized carbons (Fsp3) is 0.400. The quantitative estimate of drug-likeness (QED) is 0.400. The number of imidazole rings is 1. The van der Waals surface area contributed by atoms with Crippen molar-refractivity contribution in [1.29, 1.82) is 0 Å². The van der Waals surface area contributed by atoms with Crippen LogP contribution in [-0.2, 0) is 9.53 Å². The molecule has 7 heteroatoms. The number of nitrogens with one attached hydrogen (secondary N) is 1. The summed E-state index contributed by atoms with van der Waals surface area (Å²) in [6.45, 7) is 8.28. The molecule has 0 radical (unpaired) electrons. The molecule has 3 heterocycles. The number of nitrogens with zero attached hydrogens (tertiary/aromatic N) is 3. The molecule has 0 aliphatic rings. The Hall–Kier alpha value is -3.35. The van der Waals surface area contributed by atoms with Crippen LogP contribution in [0.3, 0.4) is 0 Å². The molecule has 0 spiro atoms. The van der Waals surface area contributed by atoms with Crippen LogP contribution in [0, 0.1) is 6.92 Å². The zero-order valence-corrected chi connectivity index (χ0v) is 19.1. The van der Waals surface area contributed by atoms with Crippen molar-refractivity contribution in [3.8, 4) is 0 Å². The fourth-order valence-electron chi connectivity index (χ4n) is 4.71. The molecule has 0 fully saturated rings. The van der Waals surface area contributed by atoms with E-state index in [2.05, 4.69) is 23.0 Å². The van der Waals surface area contributed by atoms with Crippen LogP contribution in [0.4, 0.5) is 0 Å². The van der Waals surface area contributed by atoms with Crippen molar-refractivity contribution in [3.63, 3.8) is 0 Å². The average Bonchev–Trinajstić information content (AvgIpc) is 3.33. The number of hydrogen-bond acceptors (Lipinski definition) is 4. The molecule has 0 saturated carbocycles. The molecule has 4 rings (SSSR count). The Morgan fingerprint density at radius 2 is 2.00 bits per heavy atom. The second kappa shape index (κ2) is 9.02. The summed E-state index contributed by atoms with van der Waals surface area (Å²) in [6.07, 6.45) is 5.35. The van der Waals surface area contributed by atoms with Crippen LogP contribution < -0.4 is 5.69 Å². The van der Waals surface area contributed by atoms with E-state index in [9.17, 15) is 9.59 Å². The largest absolute Gasteiger partial charge is 0.466 e. The van der Waals surface area contributed by atoms with Crippen molar-refractivity contribution < 1.29 is 9.53 Å². The van der Waals surface area contributed by atoms with Crippen molar-refractivity contribution in [1.82, 2.24) is 19.1 Å². The van der Waals surface area contributed by atoms with Gasteiger partial charge in [0.1, 0.15) is 0 Å². The third kappa shape index (κ3) is 3.72. The van der Waals surface area contributed by atoms with E-state index >= 15 is 0 Å². The first kappa shape index (κ1) is 21.9. The summed E-state index contributed by atoms with van der Waals surface area (Å²) in [4.78, 5) is 34.0. The highest BCUT2D eigenvalue weighted by Crippen LogP contribution is 2.31. The Labute approximate surface area is 187 Å². The van der Waals surface area contributed by atoms with Gasteiger partial charge in [0.15, 0.2) is 5.65 Å². The molecule has 4 aromatic rings. The predicted molar refractivity (Wildman–Crippen MR) is 126 cm³/mol. The third-order valence-electron chi connectivity index (χ3n) is 6.14. The number of aryl methyl sites for hydroxylation is 1. The number of carbonyl (C=O) groups excluding carboxylic acids is 1. The van der Waals surface area contributed by atoms with Gasteiger partial charge >= 0.3 is 11.7 Å². The third-order valence-corrected chi connectivity index (χ3v) is 6.14. The molecule has 168 valence electrons. The van der Waals surface area contributed by atoms with Crippen LogP contribution in [0.15, 0.2) is 47.5 Å². The second-order valence-electron chi connectivity index (χ2n) is 8.24. The summed E-state index contributed by atoms with van der Waals surface area (Å²) in [7, 11) is 0. The molecule has 2 atom stereocenters. The first-order valence-electron chi connectivity index (χ1n) is 11.3. The second-order valence-corrected chi connectivity index (χ2v) is 8.24. The van der Waals surface area contributed by atoms with Gasteiger partial charge in [-0.1, -0.05) is 25.5 Å². The van der Waals surface area contributed by atoms with Crippen LogP contribution in [0.2, 0.25) is 0 Å². The first-order chi connectivity index (χ1) is 15.5. The van der Waals surface area contributed by atoms with Gasteiger partial charge in [-0.2, -0.15) is 0 Å². The minimum atomic E-state index is -0.304. The molecule has 3 aromatic heterocycles. The maximum atomic E-state index is 13.8. The molecule has 32 heavy (non-hydrogen) atoms. The standard InChI is InChI=1S/C25H30N4O3/c1-5-9-18(14-22(30)32-6-2)29-24-21(12-8-13-26-24)28(25(29)31)17(4)19-15-27-20-11-7-10-16(3)23(19)20/h7-8,10-13,15,17-18,27H,5-6,9,14H2,1-4H3. The van der Waals surface area contributed by atoms with Crippen molar-refractivity contribution >= 4 is 28.0 Å². The summed E-state index contributed by atoms with van der Waals surface area (Å²) in [5.41, 5.74) is 4.47. The molecule has 0 aliphatic heterocycles. The Kier molecular flexibility index (Phi) is 6.17. The average molecular weight is 435 g/mol. The summed E-state index contributed by atoms with van der Waals surface area (Å²) in [6, 6.07) is 9.40. The summed E-state index contributed by atoms with van der Waals surface area (Å²) in [5, 5.41) is 1.13. The molecule has 0 amide bonds. The maximum absolute atomic E-state index is 13.8. The predicted octanol–water partition coefficient (Wildman–Crippen LogP) is 4.89. The molecular weight excluding hydrogens is 404 g/mol. The van der Waals surface area contributed by atoms with Crippen LogP contribution in [-0.4, -0.2) is 31.7 Å². The SMILES string of the molecule is CCCC(CC(=O)OCC)n1c(=O)n(C(C)c2c[nH]c3cccc(C)c23)c2cccnc21. The highest BCUT2D eigenvalue weighted by atomic mass is 16.5. The molecule has 0 saturated heterocycles. The van der Waals surface area contributed by atoms with Crippen LogP contribution in [0.25, 0.3) is 22.1 Å². The van der Waals surface area contributed by atoms with E-state index < -0.39 is 0 Å². The van der Waals surface area contributed by atoms with Crippen LogP contribution >= 0.6 is 0 Å². The molecule has 1 aromatic carbocycles. The summed E-state index contributed by atoms with van der Waals surface area (Å²) < 4.78 is 8.67. The van der Waals surface area contributed by atoms with E-state index in [1.807, 2.05) is 44.3 Å². The molecule has 7 nitrogen and oxygen atoms in total. The van der Waals surface area contributed by atoms with Gasteiger partial charge in [-0.05, 0) is 51.0 Å². The Balaban J connectivity index is 1.89. The number of benzene rings is 1. The molecule has 0 aliphatic carbocycles. The monoisotopic (exact) mass is 434 g/mol. The Morgan fingerprint density at radius 1 is 1.19 bits per heavy atom. The maximum Gasteiger partial charge on any atom is 0.331 e. The van der Waals surface area contributed by atoms with Gasteiger partial charge in [0.05, 0.1) is 30.6 Å². The normalized spacial score (nSPS) is 13.5. The van der Waals surface area contributed by atoms with Crippen molar-refractivity contribution in [2.45, 2.75) is 59.0 Å². The Bertz CT molecular complexity index is 1310. The summed E-state index contributed by atoms with van der Waals surface area (Å²) in [5.74, 6) is -0.296. The van der Waals surface area contributed by atoms with Crippen molar-refractivity contribution in [2.75, 3.05) is 6.61 Å². The van der Waals surface area contributed by atoms with Gasteiger partial charge < -0.3 is 9.72 Å². The van der Waals surface area contributed by atoms with E-state index in [-0.39, 0.29) is 30.2 Å². The minimum Gasteiger partial charge on any atom is -0.466 e. The number of fused-ring (bicyclic) bond motifs is 2. The zero-order chi connectivity index (χ0) is 22.8. The van der Waals surface area contributed by atoms with Crippen LogP contribution in [0.5, 0.6) is 0 Å². The number of ether oxygens (including phenoxy) is 1. The lowest BCUT2D eigenvalue weighted by Gasteiger charge is -2.17. The van der Waals surface area contributed by atoms with Gasteiger partial charge in [-0.3, -0.25) is 13.9 Å². The highest BCUT2D eigenvalue weighted by Gasteiger charge is 2.27. The van der Waals surface area contributed by atoms with Gasteiger partial charge in [0, 0.05) is 28.9 Å². The summed E-state index contributed by atoms with van der Waals surface area (Å²) >= 11 is 0. The lowest BCUT2D eigenvalue weighted by Crippen LogP contribution is -2.31. The number of rotatable bonds is 8. The number of pyridine rings is 1. The van der Waals surface area contributed by atoms with Crippen molar-refractivity contribution in [2.24, 2.45) is 0 Å². The number of aromatic amines is 1. The number of carbonyl (C=O) groups is 1. The minimum absolute atomic E-state index is 0.151. The highest BCUT2D eigenvalue weighted by molar-refractivity contribution is 5.87. The smallest absolute Gasteiger partial charge is 0.331 e. The fourth-order valence-corrected chi connectivity index (χ4v) is 4.71. The van der Waals surface area contributed by atoms with Gasteiger partial charge in [0.2, 0.25) is 0 Å². The van der Waals surface area contributed by atoms with Gasteiger partial charge in [-0.25, -0.2) is 9.78 Å². The van der Waals surface area contributed by atoms with Crippen LogP contribution in [0.1, 0.15) is 63.2 Å². The molecule has 1 N–H and O–H groups in total. The van der Waals surface area contributed by atoms with E-state index in [0.29, 0.717) is 18.7 Å².